The van der Waals surface area contributed by atoms with E-state index in [1.807, 2.05) is 0 Å². The molecule has 172 valence electrons. The Labute approximate surface area is 183 Å². The van der Waals surface area contributed by atoms with Gasteiger partial charge in [0.1, 0.15) is 41.4 Å². The van der Waals surface area contributed by atoms with Crippen molar-refractivity contribution in [2.75, 3.05) is 20.3 Å². The van der Waals surface area contributed by atoms with Gasteiger partial charge in [-0.3, -0.25) is 15.6 Å². The van der Waals surface area contributed by atoms with Gasteiger partial charge in [0.2, 0.25) is 0 Å². The zero-order valence-electron chi connectivity index (χ0n) is 17.6. The molecule has 0 saturated heterocycles. The van der Waals surface area contributed by atoms with Crippen LogP contribution < -0.4 is 26.3 Å². The summed E-state index contributed by atoms with van der Waals surface area (Å²) in [6.07, 6.45) is -1.54. The summed E-state index contributed by atoms with van der Waals surface area (Å²) in [6, 6.07) is 6.51. The second-order valence-electron chi connectivity index (χ2n) is 6.61. The number of carbonyl (C=O) groups excluding carboxylic acids is 1. The number of benzene rings is 2. The first-order chi connectivity index (χ1) is 15.2. The van der Waals surface area contributed by atoms with Gasteiger partial charge in [0.05, 0.1) is 12.7 Å². The van der Waals surface area contributed by atoms with Crippen LogP contribution >= 0.6 is 0 Å². The number of ether oxygens (including phenoxy) is 3. The highest BCUT2D eigenvalue weighted by atomic mass is 19.1. The molecule has 2 rings (SSSR count). The van der Waals surface area contributed by atoms with Crippen LogP contribution in [0.3, 0.4) is 0 Å². The summed E-state index contributed by atoms with van der Waals surface area (Å²) in [6.45, 7) is 1.32. The zero-order valence-corrected chi connectivity index (χ0v) is 17.6. The fourth-order valence-corrected chi connectivity index (χ4v) is 2.82. The number of nitrogens with one attached hydrogen (secondary N) is 3. The number of methoxy groups -OCH3 is 1. The molecule has 0 aliphatic rings. The molecule has 0 unspecified atom stereocenters. The van der Waals surface area contributed by atoms with Crippen molar-refractivity contribution in [1.29, 1.82) is 10.8 Å². The molecule has 0 spiro atoms. The molecule has 0 aliphatic carbocycles. The summed E-state index contributed by atoms with van der Waals surface area (Å²) in [5.41, 5.74) is 11.1. The van der Waals surface area contributed by atoms with E-state index in [1.54, 1.807) is 19.1 Å². The van der Waals surface area contributed by atoms with Gasteiger partial charge in [-0.1, -0.05) is 12.1 Å². The molecular weight excluding hydrogens is 424 g/mol. The van der Waals surface area contributed by atoms with Gasteiger partial charge in [-0.2, -0.15) is 0 Å². The van der Waals surface area contributed by atoms with E-state index in [0.717, 1.165) is 12.1 Å². The van der Waals surface area contributed by atoms with Crippen molar-refractivity contribution < 1.29 is 27.8 Å². The van der Waals surface area contributed by atoms with Crippen molar-refractivity contribution >= 4 is 17.6 Å². The van der Waals surface area contributed by atoms with Crippen molar-refractivity contribution in [3.8, 4) is 11.5 Å². The number of halogens is 2. The summed E-state index contributed by atoms with van der Waals surface area (Å²) >= 11 is 0. The van der Waals surface area contributed by atoms with Gasteiger partial charge in [0, 0.05) is 36.4 Å². The van der Waals surface area contributed by atoms with E-state index in [9.17, 15) is 13.6 Å². The van der Waals surface area contributed by atoms with E-state index in [1.165, 1.54) is 13.2 Å². The molecule has 0 aromatic heterocycles. The molecular formula is C21H25F2N5O4. The normalized spacial score (nSPS) is 11.5. The molecule has 7 N–H and O–H groups in total. The quantitative estimate of drug-likeness (QED) is 0.261. The van der Waals surface area contributed by atoms with Crippen LogP contribution in [0.2, 0.25) is 0 Å². The van der Waals surface area contributed by atoms with Gasteiger partial charge in [-0.25, -0.2) is 8.78 Å². The number of carbonyl (C=O) groups is 1. The summed E-state index contributed by atoms with van der Waals surface area (Å²) < 4.78 is 44.6. The minimum absolute atomic E-state index is 0.0303. The first kappa shape index (κ1) is 24.5. The number of amides is 1. The third kappa shape index (κ3) is 6.14. The molecule has 2 aromatic rings. The second kappa shape index (κ2) is 11.0. The summed E-state index contributed by atoms with van der Waals surface area (Å²) in [7, 11) is 1.27. The third-order valence-electron chi connectivity index (χ3n) is 4.34. The fourth-order valence-electron chi connectivity index (χ4n) is 2.82. The van der Waals surface area contributed by atoms with Gasteiger partial charge < -0.3 is 31.0 Å². The van der Waals surface area contributed by atoms with Gasteiger partial charge in [0.25, 0.3) is 5.91 Å². The van der Waals surface area contributed by atoms with Crippen LogP contribution in [0.1, 0.15) is 29.7 Å². The van der Waals surface area contributed by atoms with Crippen molar-refractivity contribution in [1.82, 2.24) is 5.32 Å². The van der Waals surface area contributed by atoms with E-state index >= 15 is 0 Å². The Hall–Kier alpha value is -3.73. The maximum Gasteiger partial charge on any atom is 0.254 e. The molecule has 0 radical (unpaired) electrons. The lowest BCUT2D eigenvalue weighted by Crippen LogP contribution is -2.32. The molecule has 0 heterocycles. The molecule has 0 saturated carbocycles. The molecule has 0 aliphatic heterocycles. The van der Waals surface area contributed by atoms with Crippen molar-refractivity contribution in [2.24, 2.45) is 11.5 Å². The second-order valence-corrected chi connectivity index (χ2v) is 6.61. The summed E-state index contributed by atoms with van der Waals surface area (Å²) in [5.74, 6) is -2.95. The van der Waals surface area contributed by atoms with Crippen LogP contribution in [0.5, 0.6) is 11.5 Å². The number of nitrogens with two attached hydrogens (primary N) is 2. The van der Waals surface area contributed by atoms with Gasteiger partial charge in [0.15, 0.2) is 6.10 Å². The molecule has 1 atom stereocenters. The highest BCUT2D eigenvalue weighted by molar-refractivity contribution is 5.95. The van der Waals surface area contributed by atoms with Crippen molar-refractivity contribution in [2.45, 2.75) is 19.6 Å². The Balaban J connectivity index is 2.27. The first-order valence-electron chi connectivity index (χ1n) is 9.53. The van der Waals surface area contributed by atoms with E-state index in [-0.39, 0.29) is 42.9 Å². The van der Waals surface area contributed by atoms with Crippen LogP contribution in [0.15, 0.2) is 30.3 Å². The zero-order chi connectivity index (χ0) is 23.8. The molecule has 2 aromatic carbocycles. The monoisotopic (exact) mass is 449 g/mol. The minimum atomic E-state index is -1.54. The lowest BCUT2D eigenvalue weighted by atomic mass is 10.1. The number of amidine groups is 2. The van der Waals surface area contributed by atoms with Gasteiger partial charge >= 0.3 is 0 Å². The van der Waals surface area contributed by atoms with Crippen LogP contribution in [-0.4, -0.2) is 37.9 Å². The first-order valence-corrected chi connectivity index (χ1v) is 9.53. The van der Waals surface area contributed by atoms with Crippen molar-refractivity contribution in [3.63, 3.8) is 0 Å². The van der Waals surface area contributed by atoms with Gasteiger partial charge in [-0.05, 0) is 13.0 Å². The summed E-state index contributed by atoms with van der Waals surface area (Å²) in [5, 5.41) is 17.4. The maximum atomic E-state index is 14.5. The average molecular weight is 449 g/mol. The number of hydrogen-bond acceptors (Lipinski definition) is 6. The minimum Gasteiger partial charge on any atom is -0.497 e. The Morgan fingerprint density at radius 1 is 1.16 bits per heavy atom. The van der Waals surface area contributed by atoms with Crippen LogP contribution in [-0.2, 0) is 16.1 Å². The number of rotatable bonds is 11. The SMILES string of the molecule is CCO[C@H](C(=O)NCc1ccc(C(=N)N)cc1OCC(=N)N)c1c(F)cc(OC)cc1F. The van der Waals surface area contributed by atoms with Crippen LogP contribution in [0.4, 0.5) is 8.78 Å². The topological polar surface area (TPSA) is 157 Å². The Kier molecular flexibility index (Phi) is 8.47. The molecule has 9 nitrogen and oxygen atoms in total. The smallest absolute Gasteiger partial charge is 0.254 e. The van der Waals surface area contributed by atoms with E-state index in [2.05, 4.69) is 5.32 Å². The fraction of sp³-hybridized carbons (Fsp3) is 0.286. The lowest BCUT2D eigenvalue weighted by Gasteiger charge is -2.20. The largest absolute Gasteiger partial charge is 0.497 e. The van der Waals surface area contributed by atoms with Crippen LogP contribution in [0.25, 0.3) is 0 Å². The third-order valence-corrected chi connectivity index (χ3v) is 4.34. The molecule has 0 bridgehead atoms. The highest BCUT2D eigenvalue weighted by Gasteiger charge is 2.28. The lowest BCUT2D eigenvalue weighted by molar-refractivity contribution is -0.133. The summed E-state index contributed by atoms with van der Waals surface area (Å²) in [4.78, 5) is 12.8. The van der Waals surface area contributed by atoms with E-state index in [4.69, 9.17) is 36.5 Å². The predicted octanol–water partition coefficient (Wildman–Crippen LogP) is 1.97. The highest BCUT2D eigenvalue weighted by Crippen LogP contribution is 2.29. The van der Waals surface area contributed by atoms with E-state index in [0.29, 0.717) is 11.1 Å². The molecule has 32 heavy (non-hydrogen) atoms. The maximum absolute atomic E-state index is 14.5. The number of nitrogen functional groups attached to an aromatic ring is 1. The Morgan fingerprint density at radius 3 is 2.34 bits per heavy atom. The predicted molar refractivity (Wildman–Crippen MR) is 114 cm³/mol. The Morgan fingerprint density at radius 2 is 1.81 bits per heavy atom. The van der Waals surface area contributed by atoms with E-state index < -0.39 is 29.2 Å². The number of hydrogen-bond donors (Lipinski definition) is 5. The Bertz CT molecular complexity index is 993. The molecule has 11 heteroatoms. The van der Waals surface area contributed by atoms with Crippen molar-refractivity contribution in [3.05, 3.63) is 58.7 Å². The molecule has 0 fully saturated rings. The molecule has 1 amide bonds. The van der Waals surface area contributed by atoms with Gasteiger partial charge in [-0.15, -0.1) is 0 Å². The van der Waals surface area contributed by atoms with Crippen LogP contribution in [0, 0.1) is 22.5 Å². The average Bonchev–Trinajstić information content (AvgIpc) is 2.74. The standard InChI is InChI=1S/C21H25F2N5O4/c1-3-31-19(18-14(22)7-13(30-2)8-15(18)23)21(29)28-9-12-5-4-11(20(26)27)6-16(12)32-10-17(24)25/h4-8,19H,3,9-10H2,1-2H3,(H3,24,25)(H3,26,27)(H,28,29)/t19-/m0/s1.